The summed E-state index contributed by atoms with van der Waals surface area (Å²) in [5.41, 5.74) is 0.932. The van der Waals surface area contributed by atoms with Gasteiger partial charge in [0.2, 0.25) is 0 Å². The number of benzene rings is 4. The molecule has 0 radical (unpaired) electrons. The number of esters is 1. The maximum Gasteiger partial charge on any atom is 0.338 e. The third-order valence-corrected chi connectivity index (χ3v) is 4.69. The number of carbonyl (C=O) groups is 2. The average Bonchev–Trinajstić information content (AvgIpc) is 2.76. The molecule has 4 heteroatoms. The average molecular weight is 370 g/mol. The zero-order valence-corrected chi connectivity index (χ0v) is 15.3. The van der Waals surface area contributed by atoms with E-state index in [1.54, 1.807) is 31.4 Å². The number of Topliss-reactive ketones (excluding diaryl/α,β-unsaturated/α-hetero) is 1. The van der Waals surface area contributed by atoms with Gasteiger partial charge < -0.3 is 9.47 Å². The molecule has 0 aromatic heterocycles. The highest BCUT2D eigenvalue weighted by Crippen LogP contribution is 2.22. The summed E-state index contributed by atoms with van der Waals surface area (Å²) in [6.45, 7) is -0.298. The minimum atomic E-state index is -0.510. The molecule has 0 fully saturated rings. The minimum absolute atomic E-state index is 0.244. The van der Waals surface area contributed by atoms with E-state index in [0.717, 1.165) is 27.3 Å². The molecule has 138 valence electrons. The lowest BCUT2D eigenvalue weighted by atomic mass is 10.0. The van der Waals surface area contributed by atoms with Crippen LogP contribution in [0.15, 0.2) is 78.9 Å². The molecular weight excluding hydrogens is 352 g/mol. The van der Waals surface area contributed by atoms with E-state index in [9.17, 15) is 9.59 Å². The number of ketones is 1. The Morgan fingerprint density at radius 1 is 0.714 bits per heavy atom. The molecule has 4 aromatic rings. The predicted molar refractivity (Wildman–Crippen MR) is 109 cm³/mol. The quantitative estimate of drug-likeness (QED) is 0.365. The van der Waals surface area contributed by atoms with Gasteiger partial charge in [-0.25, -0.2) is 4.79 Å². The summed E-state index contributed by atoms with van der Waals surface area (Å²) in [6.07, 6.45) is 0. The molecule has 0 heterocycles. The van der Waals surface area contributed by atoms with E-state index in [1.165, 1.54) is 0 Å². The van der Waals surface area contributed by atoms with Crippen LogP contribution in [0.2, 0.25) is 0 Å². The lowest BCUT2D eigenvalue weighted by molar-refractivity contribution is 0.0475. The molecule has 0 aliphatic carbocycles. The van der Waals surface area contributed by atoms with Crippen molar-refractivity contribution in [2.45, 2.75) is 0 Å². The Morgan fingerprint density at radius 3 is 2.14 bits per heavy atom. The topological polar surface area (TPSA) is 52.6 Å². The Kier molecular flexibility index (Phi) is 4.77. The summed E-state index contributed by atoms with van der Waals surface area (Å²) >= 11 is 0. The summed E-state index contributed by atoms with van der Waals surface area (Å²) in [4.78, 5) is 24.8. The molecule has 0 aliphatic heterocycles. The number of hydrogen-bond acceptors (Lipinski definition) is 4. The van der Waals surface area contributed by atoms with E-state index in [4.69, 9.17) is 9.47 Å². The maximum atomic E-state index is 12.5. The normalized spacial score (nSPS) is 10.8. The summed E-state index contributed by atoms with van der Waals surface area (Å²) in [7, 11) is 1.61. The molecule has 0 aliphatic rings. The fraction of sp³-hybridized carbons (Fsp3) is 0.0833. The van der Waals surface area contributed by atoms with E-state index >= 15 is 0 Å². The summed E-state index contributed by atoms with van der Waals surface area (Å²) in [5, 5.41) is 3.90. The largest absolute Gasteiger partial charge is 0.497 e. The third kappa shape index (κ3) is 3.58. The third-order valence-electron chi connectivity index (χ3n) is 4.69. The Labute approximate surface area is 162 Å². The fourth-order valence-corrected chi connectivity index (χ4v) is 3.14. The van der Waals surface area contributed by atoms with Gasteiger partial charge in [-0.2, -0.15) is 0 Å². The van der Waals surface area contributed by atoms with Crippen LogP contribution in [0.25, 0.3) is 21.5 Å². The van der Waals surface area contributed by atoms with Gasteiger partial charge in [-0.15, -0.1) is 0 Å². The summed E-state index contributed by atoms with van der Waals surface area (Å²) in [6, 6.07) is 24.1. The second-order valence-electron chi connectivity index (χ2n) is 6.49. The van der Waals surface area contributed by atoms with E-state index in [2.05, 4.69) is 0 Å². The number of rotatable bonds is 5. The lowest BCUT2D eigenvalue weighted by Crippen LogP contribution is -2.14. The highest BCUT2D eigenvalue weighted by atomic mass is 16.5. The number of methoxy groups -OCH3 is 1. The molecule has 0 saturated heterocycles. The van der Waals surface area contributed by atoms with Crippen LogP contribution in [0.1, 0.15) is 20.7 Å². The van der Waals surface area contributed by atoms with Crippen molar-refractivity contribution in [3.63, 3.8) is 0 Å². The lowest BCUT2D eigenvalue weighted by Gasteiger charge is -2.07. The molecule has 0 N–H and O–H groups in total. The van der Waals surface area contributed by atoms with Crippen LogP contribution >= 0.6 is 0 Å². The number of fused-ring (bicyclic) bond motifs is 2. The zero-order chi connectivity index (χ0) is 19.5. The van der Waals surface area contributed by atoms with Gasteiger partial charge >= 0.3 is 5.97 Å². The fourth-order valence-electron chi connectivity index (χ4n) is 3.14. The van der Waals surface area contributed by atoms with Crippen LogP contribution in [0.5, 0.6) is 5.75 Å². The first-order valence-corrected chi connectivity index (χ1v) is 8.91. The summed E-state index contributed by atoms with van der Waals surface area (Å²) in [5.74, 6) is 0.00683. The zero-order valence-electron chi connectivity index (χ0n) is 15.3. The Morgan fingerprint density at radius 2 is 1.32 bits per heavy atom. The molecule has 4 aromatic carbocycles. The second-order valence-corrected chi connectivity index (χ2v) is 6.49. The molecular formula is C24H18O4. The summed E-state index contributed by atoms with van der Waals surface area (Å²) < 4.78 is 10.4. The Balaban J connectivity index is 1.47. The van der Waals surface area contributed by atoms with Crippen molar-refractivity contribution in [1.82, 2.24) is 0 Å². The second kappa shape index (κ2) is 7.53. The SMILES string of the molecule is COc1ccc2cc(C(=O)COC(=O)c3ccc4ccccc4c3)ccc2c1. The van der Waals surface area contributed by atoms with Gasteiger partial charge in [0.05, 0.1) is 12.7 Å². The van der Waals surface area contributed by atoms with Gasteiger partial charge in [0, 0.05) is 5.56 Å². The molecule has 0 amide bonds. The first-order chi connectivity index (χ1) is 13.6. The van der Waals surface area contributed by atoms with Crippen molar-refractivity contribution in [2.24, 2.45) is 0 Å². The first-order valence-electron chi connectivity index (χ1n) is 8.91. The van der Waals surface area contributed by atoms with Gasteiger partial charge in [0.15, 0.2) is 12.4 Å². The molecule has 0 bridgehead atoms. The van der Waals surface area contributed by atoms with Gasteiger partial charge in [0.1, 0.15) is 5.75 Å². The first kappa shape index (κ1) is 17.7. The number of ether oxygens (including phenoxy) is 2. The van der Waals surface area contributed by atoms with Gasteiger partial charge in [-0.3, -0.25) is 4.79 Å². The number of hydrogen-bond donors (Lipinski definition) is 0. The van der Waals surface area contributed by atoms with Crippen molar-refractivity contribution in [1.29, 1.82) is 0 Å². The smallest absolute Gasteiger partial charge is 0.338 e. The number of carbonyl (C=O) groups excluding carboxylic acids is 2. The van der Waals surface area contributed by atoms with Crippen molar-refractivity contribution in [2.75, 3.05) is 13.7 Å². The van der Waals surface area contributed by atoms with Crippen molar-refractivity contribution < 1.29 is 19.1 Å². The highest BCUT2D eigenvalue weighted by Gasteiger charge is 2.13. The van der Waals surface area contributed by atoms with E-state index < -0.39 is 5.97 Å². The van der Waals surface area contributed by atoms with Crippen LogP contribution in [-0.2, 0) is 4.74 Å². The molecule has 28 heavy (non-hydrogen) atoms. The van der Waals surface area contributed by atoms with Crippen LogP contribution in [0.3, 0.4) is 0 Å². The van der Waals surface area contributed by atoms with Gasteiger partial charge in [-0.1, -0.05) is 48.5 Å². The van der Waals surface area contributed by atoms with E-state index in [1.807, 2.05) is 54.6 Å². The predicted octanol–water partition coefficient (Wildman–Crippen LogP) is 5.04. The molecule has 4 rings (SSSR count). The van der Waals surface area contributed by atoms with E-state index in [0.29, 0.717) is 11.1 Å². The highest BCUT2D eigenvalue weighted by molar-refractivity contribution is 6.02. The van der Waals surface area contributed by atoms with Crippen LogP contribution in [0.4, 0.5) is 0 Å². The van der Waals surface area contributed by atoms with Crippen LogP contribution in [0, 0.1) is 0 Å². The Hall–Kier alpha value is -3.66. The van der Waals surface area contributed by atoms with Gasteiger partial charge in [0.25, 0.3) is 0 Å². The standard InChI is InChI=1S/C24H18O4/c1-27-22-11-10-18-12-20(8-7-19(18)14-22)23(25)15-28-24(26)21-9-6-16-4-2-3-5-17(16)13-21/h2-14H,15H2,1H3. The molecule has 0 saturated carbocycles. The molecule has 0 unspecified atom stereocenters. The maximum absolute atomic E-state index is 12.5. The van der Waals surface area contributed by atoms with Gasteiger partial charge in [-0.05, 0) is 51.9 Å². The molecule has 0 atom stereocenters. The molecule has 0 spiro atoms. The van der Waals surface area contributed by atoms with Crippen molar-refractivity contribution >= 4 is 33.3 Å². The minimum Gasteiger partial charge on any atom is -0.497 e. The monoisotopic (exact) mass is 370 g/mol. The Bertz CT molecular complexity index is 1190. The van der Waals surface area contributed by atoms with Crippen molar-refractivity contribution in [3.05, 3.63) is 90.0 Å². The van der Waals surface area contributed by atoms with E-state index in [-0.39, 0.29) is 12.4 Å². The molecule has 4 nitrogen and oxygen atoms in total. The van der Waals surface area contributed by atoms with Crippen LogP contribution in [-0.4, -0.2) is 25.5 Å². The van der Waals surface area contributed by atoms with Crippen LogP contribution < -0.4 is 4.74 Å². The van der Waals surface area contributed by atoms with Crippen molar-refractivity contribution in [3.8, 4) is 5.75 Å².